The first-order valence-electron chi connectivity index (χ1n) is 7.61. The van der Waals surface area contributed by atoms with Gasteiger partial charge in [0.25, 0.3) is 5.91 Å². The Labute approximate surface area is 133 Å². The predicted molar refractivity (Wildman–Crippen MR) is 87.3 cm³/mol. The molecule has 1 aromatic heterocycles. The third kappa shape index (κ3) is 3.18. The van der Waals surface area contributed by atoms with E-state index in [4.69, 9.17) is 0 Å². The average molecular weight is 313 g/mol. The number of carbonyl (C=O) groups is 1. The van der Waals surface area contributed by atoms with E-state index in [0.717, 1.165) is 5.56 Å². The highest BCUT2D eigenvalue weighted by Gasteiger charge is 2.28. The van der Waals surface area contributed by atoms with Gasteiger partial charge in [-0.15, -0.1) is 0 Å². The summed E-state index contributed by atoms with van der Waals surface area (Å²) in [4.78, 5) is 28.9. The van der Waals surface area contributed by atoms with Crippen molar-refractivity contribution in [3.05, 3.63) is 58.5 Å². The molecule has 6 heteroatoms. The van der Waals surface area contributed by atoms with E-state index in [9.17, 15) is 14.7 Å². The largest absolute Gasteiger partial charge is 0.394 e. The van der Waals surface area contributed by atoms with Gasteiger partial charge in [-0.3, -0.25) is 9.59 Å². The maximum Gasteiger partial charge on any atom is 0.256 e. The fourth-order valence-corrected chi connectivity index (χ4v) is 2.85. The molecule has 3 N–H and O–H groups in total. The molecule has 23 heavy (non-hydrogen) atoms. The van der Waals surface area contributed by atoms with Crippen molar-refractivity contribution in [2.75, 3.05) is 26.2 Å². The smallest absolute Gasteiger partial charge is 0.256 e. The number of amides is 1. The summed E-state index contributed by atoms with van der Waals surface area (Å²) in [5, 5.41) is 12.7. The first kappa shape index (κ1) is 15.5. The van der Waals surface area contributed by atoms with Gasteiger partial charge in [-0.25, -0.2) is 0 Å². The molecule has 1 fully saturated rings. The number of rotatable bonds is 3. The Balaban J connectivity index is 2.02. The van der Waals surface area contributed by atoms with Gasteiger partial charge in [0.05, 0.1) is 18.2 Å². The van der Waals surface area contributed by atoms with E-state index < -0.39 is 0 Å². The van der Waals surface area contributed by atoms with E-state index in [1.807, 2.05) is 30.3 Å². The Morgan fingerprint density at radius 2 is 2.09 bits per heavy atom. The van der Waals surface area contributed by atoms with E-state index in [2.05, 4.69) is 10.3 Å². The molecule has 1 aliphatic rings. The Morgan fingerprint density at radius 1 is 1.30 bits per heavy atom. The third-order valence-electron chi connectivity index (χ3n) is 4.06. The zero-order valence-corrected chi connectivity index (χ0v) is 12.7. The van der Waals surface area contributed by atoms with Crippen LogP contribution in [-0.2, 0) is 0 Å². The van der Waals surface area contributed by atoms with Crippen LogP contribution in [0.2, 0.25) is 0 Å². The monoisotopic (exact) mass is 313 g/mol. The lowest BCUT2D eigenvalue weighted by atomic mass is 10.00. The Morgan fingerprint density at radius 3 is 2.83 bits per heavy atom. The standard InChI is InChI=1S/C17H19N3O3/c21-11-13-9-18-6-7-20(13)17(23)15-10-19-16(22)8-14(15)12-4-2-1-3-5-12/h1-5,8,10,13,18,21H,6-7,9,11H2,(H,19,22)/t13-/m0/s1. The second-order valence-corrected chi connectivity index (χ2v) is 5.53. The molecule has 6 nitrogen and oxygen atoms in total. The lowest BCUT2D eigenvalue weighted by Gasteiger charge is -2.35. The second-order valence-electron chi connectivity index (χ2n) is 5.53. The molecular formula is C17H19N3O3. The van der Waals surface area contributed by atoms with Crippen LogP contribution in [0.5, 0.6) is 0 Å². The maximum atomic E-state index is 12.9. The fourth-order valence-electron chi connectivity index (χ4n) is 2.85. The molecule has 1 saturated heterocycles. The van der Waals surface area contributed by atoms with Gasteiger partial charge in [0.15, 0.2) is 0 Å². The summed E-state index contributed by atoms with van der Waals surface area (Å²) in [7, 11) is 0. The van der Waals surface area contributed by atoms with E-state index in [1.165, 1.54) is 12.3 Å². The number of carbonyl (C=O) groups excluding carboxylic acids is 1. The molecule has 1 aliphatic heterocycles. The highest BCUT2D eigenvalue weighted by atomic mass is 16.3. The van der Waals surface area contributed by atoms with Gasteiger partial charge >= 0.3 is 0 Å². The summed E-state index contributed by atoms with van der Waals surface area (Å²) in [6, 6.07) is 10.5. The number of H-pyrrole nitrogens is 1. The van der Waals surface area contributed by atoms with E-state index >= 15 is 0 Å². The average Bonchev–Trinajstić information content (AvgIpc) is 2.61. The highest BCUT2D eigenvalue weighted by Crippen LogP contribution is 2.23. The van der Waals surface area contributed by atoms with Crippen LogP contribution in [0.4, 0.5) is 0 Å². The van der Waals surface area contributed by atoms with Crippen molar-refractivity contribution in [1.29, 1.82) is 0 Å². The van der Waals surface area contributed by atoms with Gasteiger partial charge in [-0.2, -0.15) is 0 Å². The summed E-state index contributed by atoms with van der Waals surface area (Å²) in [5.41, 5.74) is 1.61. The van der Waals surface area contributed by atoms with Crippen molar-refractivity contribution in [2.45, 2.75) is 6.04 Å². The molecule has 0 spiro atoms. The molecule has 2 heterocycles. The number of aliphatic hydroxyl groups is 1. The number of nitrogens with zero attached hydrogens (tertiary/aromatic N) is 1. The summed E-state index contributed by atoms with van der Waals surface area (Å²) < 4.78 is 0. The van der Waals surface area contributed by atoms with Crippen molar-refractivity contribution in [3.8, 4) is 11.1 Å². The number of hydrogen-bond donors (Lipinski definition) is 3. The van der Waals surface area contributed by atoms with Crippen LogP contribution in [-0.4, -0.2) is 53.2 Å². The van der Waals surface area contributed by atoms with Crippen LogP contribution in [0.1, 0.15) is 10.4 Å². The number of hydrogen-bond acceptors (Lipinski definition) is 4. The zero-order valence-electron chi connectivity index (χ0n) is 12.7. The van der Waals surface area contributed by atoms with Crippen LogP contribution in [0.15, 0.2) is 47.4 Å². The molecule has 0 saturated carbocycles. The van der Waals surface area contributed by atoms with Gasteiger partial charge in [0.1, 0.15) is 0 Å². The molecular weight excluding hydrogens is 294 g/mol. The summed E-state index contributed by atoms with van der Waals surface area (Å²) >= 11 is 0. The van der Waals surface area contributed by atoms with Crippen molar-refractivity contribution < 1.29 is 9.90 Å². The first-order valence-corrected chi connectivity index (χ1v) is 7.61. The van der Waals surface area contributed by atoms with Crippen LogP contribution < -0.4 is 10.9 Å². The first-order chi connectivity index (χ1) is 11.2. The maximum absolute atomic E-state index is 12.9. The number of aromatic nitrogens is 1. The summed E-state index contributed by atoms with van der Waals surface area (Å²) in [5.74, 6) is -0.180. The molecule has 0 radical (unpaired) electrons. The minimum Gasteiger partial charge on any atom is -0.394 e. The molecule has 2 aromatic rings. The molecule has 3 rings (SSSR count). The van der Waals surface area contributed by atoms with Crippen LogP contribution in [0.25, 0.3) is 11.1 Å². The molecule has 1 atom stereocenters. The molecule has 120 valence electrons. The number of aromatic amines is 1. The number of nitrogens with one attached hydrogen (secondary N) is 2. The zero-order chi connectivity index (χ0) is 16.2. The molecule has 1 amide bonds. The summed E-state index contributed by atoms with van der Waals surface area (Å²) in [6.45, 7) is 1.68. The Kier molecular flexibility index (Phi) is 4.55. The van der Waals surface area contributed by atoms with E-state index in [-0.39, 0.29) is 24.1 Å². The lowest BCUT2D eigenvalue weighted by molar-refractivity contribution is 0.0536. The van der Waals surface area contributed by atoms with Crippen molar-refractivity contribution in [3.63, 3.8) is 0 Å². The van der Waals surface area contributed by atoms with Crippen molar-refractivity contribution in [2.24, 2.45) is 0 Å². The Bertz CT molecular complexity index is 742. The SMILES string of the molecule is O=C(c1c[nH]c(=O)cc1-c1ccccc1)N1CCNC[C@H]1CO. The number of aliphatic hydroxyl groups excluding tert-OH is 1. The molecule has 0 unspecified atom stereocenters. The van der Waals surface area contributed by atoms with Gasteiger partial charge in [-0.05, 0) is 5.56 Å². The predicted octanol–water partition coefficient (Wildman–Crippen LogP) is 0.448. The van der Waals surface area contributed by atoms with E-state index in [1.54, 1.807) is 4.90 Å². The third-order valence-corrected chi connectivity index (χ3v) is 4.06. The van der Waals surface area contributed by atoms with Gasteiger partial charge < -0.3 is 20.3 Å². The topological polar surface area (TPSA) is 85.4 Å². The van der Waals surface area contributed by atoms with Crippen LogP contribution >= 0.6 is 0 Å². The van der Waals surface area contributed by atoms with Crippen LogP contribution in [0.3, 0.4) is 0 Å². The molecule has 0 aliphatic carbocycles. The normalized spacial score (nSPS) is 18.0. The van der Waals surface area contributed by atoms with Gasteiger partial charge in [-0.1, -0.05) is 30.3 Å². The van der Waals surface area contributed by atoms with Crippen molar-refractivity contribution >= 4 is 5.91 Å². The second kappa shape index (κ2) is 6.76. The highest BCUT2D eigenvalue weighted by molar-refractivity contribution is 6.00. The summed E-state index contributed by atoms with van der Waals surface area (Å²) in [6.07, 6.45) is 1.46. The van der Waals surface area contributed by atoms with E-state index in [0.29, 0.717) is 30.8 Å². The number of piperazine rings is 1. The molecule has 1 aromatic carbocycles. The number of benzene rings is 1. The van der Waals surface area contributed by atoms with Crippen LogP contribution in [0, 0.1) is 0 Å². The molecule has 0 bridgehead atoms. The van der Waals surface area contributed by atoms with Crippen molar-refractivity contribution in [1.82, 2.24) is 15.2 Å². The van der Waals surface area contributed by atoms with Gasteiger partial charge in [0, 0.05) is 37.5 Å². The quantitative estimate of drug-likeness (QED) is 0.768. The Hall–Kier alpha value is -2.44. The minimum absolute atomic E-state index is 0.0945. The fraction of sp³-hybridized carbons (Fsp3) is 0.294. The number of pyridine rings is 1. The van der Waals surface area contributed by atoms with Gasteiger partial charge in [0.2, 0.25) is 5.56 Å². The lowest BCUT2D eigenvalue weighted by Crippen LogP contribution is -2.55. The minimum atomic E-state index is -0.258.